The molecule has 0 bridgehead atoms. The van der Waals surface area contributed by atoms with E-state index < -0.39 is 0 Å². The van der Waals surface area contributed by atoms with Crippen LogP contribution in [-0.4, -0.2) is 38.7 Å². The van der Waals surface area contributed by atoms with E-state index >= 15 is 0 Å². The number of rotatable bonds is 6. The van der Waals surface area contributed by atoms with Gasteiger partial charge in [-0.25, -0.2) is 0 Å². The third kappa shape index (κ3) is 3.11. The minimum Gasteiger partial charge on any atom is -0.504 e. The molecule has 26 heavy (non-hydrogen) atoms. The average molecular weight is 357 g/mol. The number of phenols is 1. The van der Waals surface area contributed by atoms with Crippen molar-refractivity contribution in [1.82, 2.24) is 5.16 Å². The molecule has 0 aliphatic heterocycles. The fraction of sp³-hybridized carbons (Fsp3) is 0.211. The molecule has 136 valence electrons. The van der Waals surface area contributed by atoms with Crippen molar-refractivity contribution in [2.24, 2.45) is 0 Å². The Hall–Kier alpha value is -3.35. The molecule has 0 saturated carbocycles. The van der Waals surface area contributed by atoms with Crippen LogP contribution in [0, 0.1) is 0 Å². The first-order valence-corrected chi connectivity index (χ1v) is 7.75. The zero-order valence-electron chi connectivity index (χ0n) is 14.9. The molecule has 0 saturated heterocycles. The van der Waals surface area contributed by atoms with Crippen LogP contribution in [-0.2, 0) is 0 Å². The van der Waals surface area contributed by atoms with Crippen molar-refractivity contribution in [3.63, 3.8) is 0 Å². The Bertz CT molecular complexity index is 893. The second-order valence-corrected chi connectivity index (χ2v) is 5.38. The van der Waals surface area contributed by atoms with Gasteiger partial charge in [-0.1, -0.05) is 5.16 Å². The highest BCUT2D eigenvalue weighted by atomic mass is 16.5. The van der Waals surface area contributed by atoms with Crippen molar-refractivity contribution < 1.29 is 28.6 Å². The molecule has 3 aromatic rings. The van der Waals surface area contributed by atoms with Gasteiger partial charge in [-0.2, -0.15) is 0 Å². The molecule has 1 aromatic heterocycles. The molecular formula is C19H19NO6. The van der Waals surface area contributed by atoms with Crippen molar-refractivity contribution in [3.05, 3.63) is 36.4 Å². The molecule has 0 spiro atoms. The third-order valence-electron chi connectivity index (χ3n) is 3.93. The number of nitrogens with zero attached hydrogens (tertiary/aromatic N) is 1. The van der Waals surface area contributed by atoms with Gasteiger partial charge in [-0.05, 0) is 30.3 Å². The summed E-state index contributed by atoms with van der Waals surface area (Å²) in [5, 5.41) is 14.0. The maximum absolute atomic E-state index is 9.94. The average Bonchev–Trinajstić information content (AvgIpc) is 3.16. The lowest BCUT2D eigenvalue weighted by Gasteiger charge is -2.12. The van der Waals surface area contributed by atoms with Gasteiger partial charge in [0, 0.05) is 17.2 Å². The smallest absolute Gasteiger partial charge is 0.203 e. The molecule has 0 atom stereocenters. The molecule has 0 unspecified atom stereocenters. The van der Waals surface area contributed by atoms with Crippen molar-refractivity contribution in [3.8, 4) is 51.3 Å². The minimum atomic E-state index is 0.0299. The van der Waals surface area contributed by atoms with E-state index in [0.717, 1.165) is 5.56 Å². The Morgan fingerprint density at radius 3 is 1.96 bits per heavy atom. The van der Waals surface area contributed by atoms with Crippen LogP contribution in [0.1, 0.15) is 0 Å². The van der Waals surface area contributed by atoms with Crippen molar-refractivity contribution in [2.45, 2.75) is 0 Å². The lowest BCUT2D eigenvalue weighted by molar-refractivity contribution is 0.324. The van der Waals surface area contributed by atoms with Crippen LogP contribution in [0.15, 0.2) is 40.9 Å². The van der Waals surface area contributed by atoms with E-state index in [4.69, 9.17) is 23.5 Å². The van der Waals surface area contributed by atoms with Crippen LogP contribution in [0.4, 0.5) is 0 Å². The molecule has 0 amide bonds. The highest BCUT2D eigenvalue weighted by Crippen LogP contribution is 2.42. The molecule has 1 N–H and O–H groups in total. The van der Waals surface area contributed by atoms with Gasteiger partial charge in [0.1, 0.15) is 5.69 Å². The number of hydrogen-bond acceptors (Lipinski definition) is 7. The Balaban J connectivity index is 2.01. The summed E-state index contributed by atoms with van der Waals surface area (Å²) in [4.78, 5) is 0. The van der Waals surface area contributed by atoms with Crippen molar-refractivity contribution >= 4 is 0 Å². The molecule has 0 radical (unpaired) electrons. The Labute approximate surface area is 150 Å². The first kappa shape index (κ1) is 17.5. The van der Waals surface area contributed by atoms with E-state index in [9.17, 15) is 5.11 Å². The van der Waals surface area contributed by atoms with Gasteiger partial charge < -0.3 is 28.6 Å². The lowest BCUT2D eigenvalue weighted by atomic mass is 10.1. The monoisotopic (exact) mass is 357 g/mol. The Morgan fingerprint density at radius 2 is 1.42 bits per heavy atom. The van der Waals surface area contributed by atoms with Gasteiger partial charge in [0.05, 0.1) is 28.4 Å². The quantitative estimate of drug-likeness (QED) is 0.719. The first-order valence-electron chi connectivity index (χ1n) is 7.75. The SMILES string of the molecule is COc1ccc(-c2cc(-c3cc(OC)c(OC)c(OC)c3)on2)cc1O. The van der Waals surface area contributed by atoms with E-state index in [1.807, 2.05) is 0 Å². The summed E-state index contributed by atoms with van der Waals surface area (Å²) < 4.78 is 26.6. The van der Waals surface area contributed by atoms with Crippen molar-refractivity contribution in [1.29, 1.82) is 0 Å². The number of aromatic hydroxyl groups is 1. The molecule has 3 rings (SSSR count). The number of ether oxygens (including phenoxy) is 4. The van der Waals surface area contributed by atoms with Gasteiger partial charge >= 0.3 is 0 Å². The number of aromatic nitrogens is 1. The van der Waals surface area contributed by atoms with Gasteiger partial charge in [-0.3, -0.25) is 0 Å². The van der Waals surface area contributed by atoms with E-state index in [2.05, 4.69) is 5.16 Å². The van der Waals surface area contributed by atoms with Gasteiger partial charge in [0.25, 0.3) is 0 Å². The lowest BCUT2D eigenvalue weighted by Crippen LogP contribution is -1.95. The summed E-state index contributed by atoms with van der Waals surface area (Å²) in [5.74, 6) is 2.47. The fourth-order valence-corrected chi connectivity index (χ4v) is 2.62. The highest BCUT2D eigenvalue weighted by molar-refractivity contribution is 5.72. The number of hydrogen-bond donors (Lipinski definition) is 1. The second kappa shape index (κ2) is 7.26. The Kier molecular flexibility index (Phi) is 4.88. The summed E-state index contributed by atoms with van der Waals surface area (Å²) >= 11 is 0. The third-order valence-corrected chi connectivity index (χ3v) is 3.93. The second-order valence-electron chi connectivity index (χ2n) is 5.38. The molecule has 0 aliphatic carbocycles. The van der Waals surface area contributed by atoms with Crippen molar-refractivity contribution in [2.75, 3.05) is 28.4 Å². The van der Waals surface area contributed by atoms with E-state index in [1.54, 1.807) is 57.7 Å². The summed E-state index contributed by atoms with van der Waals surface area (Å²) in [5.41, 5.74) is 1.99. The van der Waals surface area contributed by atoms with E-state index in [1.165, 1.54) is 7.11 Å². The predicted octanol–water partition coefficient (Wildman–Crippen LogP) is 3.75. The normalized spacial score (nSPS) is 10.5. The minimum absolute atomic E-state index is 0.0299. The van der Waals surface area contributed by atoms with Gasteiger partial charge in [0.2, 0.25) is 5.75 Å². The van der Waals surface area contributed by atoms with Crippen LogP contribution < -0.4 is 18.9 Å². The summed E-state index contributed by atoms with van der Waals surface area (Å²) in [6, 6.07) is 10.3. The molecule has 1 heterocycles. The maximum atomic E-state index is 9.94. The standard InChI is InChI=1S/C19H19NO6/c1-22-15-6-5-11(7-14(15)21)13-10-16(26-20-13)12-8-17(23-2)19(25-4)18(9-12)24-3/h5-10,21H,1-4H3. The van der Waals surface area contributed by atoms with Crippen LogP contribution in [0.25, 0.3) is 22.6 Å². The molecule has 0 fully saturated rings. The predicted molar refractivity (Wildman–Crippen MR) is 95.2 cm³/mol. The highest BCUT2D eigenvalue weighted by Gasteiger charge is 2.17. The van der Waals surface area contributed by atoms with Crippen LogP contribution >= 0.6 is 0 Å². The van der Waals surface area contributed by atoms with Gasteiger partial charge in [0.15, 0.2) is 28.8 Å². The fourth-order valence-electron chi connectivity index (χ4n) is 2.62. The first-order chi connectivity index (χ1) is 12.6. The molecular weight excluding hydrogens is 338 g/mol. The van der Waals surface area contributed by atoms with Crippen LogP contribution in [0.3, 0.4) is 0 Å². The molecule has 7 heteroatoms. The summed E-state index contributed by atoms with van der Waals surface area (Å²) in [7, 11) is 6.14. The number of benzene rings is 2. The number of phenolic OH excluding ortho intramolecular Hbond substituents is 1. The molecule has 2 aromatic carbocycles. The largest absolute Gasteiger partial charge is 0.504 e. The van der Waals surface area contributed by atoms with E-state index in [-0.39, 0.29) is 5.75 Å². The zero-order valence-corrected chi connectivity index (χ0v) is 14.9. The summed E-state index contributed by atoms with van der Waals surface area (Å²) in [6.45, 7) is 0. The summed E-state index contributed by atoms with van der Waals surface area (Å²) in [6.07, 6.45) is 0. The molecule has 7 nitrogen and oxygen atoms in total. The number of methoxy groups -OCH3 is 4. The molecule has 0 aliphatic rings. The van der Waals surface area contributed by atoms with Crippen LogP contribution in [0.2, 0.25) is 0 Å². The maximum Gasteiger partial charge on any atom is 0.203 e. The van der Waals surface area contributed by atoms with E-state index in [0.29, 0.717) is 40.0 Å². The van der Waals surface area contributed by atoms with Gasteiger partial charge in [-0.15, -0.1) is 0 Å². The topological polar surface area (TPSA) is 83.2 Å². The zero-order chi connectivity index (χ0) is 18.7. The Morgan fingerprint density at radius 1 is 0.769 bits per heavy atom. The van der Waals surface area contributed by atoms with Crippen LogP contribution in [0.5, 0.6) is 28.7 Å².